The number of carbonyl (C=O) groups is 1. The topological polar surface area (TPSA) is 42.7 Å². The Morgan fingerprint density at radius 3 is 3.00 bits per heavy atom. The number of rotatable bonds is 4. The van der Waals surface area contributed by atoms with Crippen molar-refractivity contribution in [1.82, 2.24) is 4.90 Å². The molecule has 0 saturated carbocycles. The van der Waals surface area contributed by atoms with Gasteiger partial charge in [0.1, 0.15) is 17.3 Å². The quantitative estimate of drug-likeness (QED) is 0.852. The van der Waals surface area contributed by atoms with Crippen LogP contribution in [0, 0.1) is 6.92 Å². The van der Waals surface area contributed by atoms with Crippen molar-refractivity contribution >= 4 is 17.7 Å². The Morgan fingerprint density at radius 2 is 2.26 bits per heavy atom. The number of aryl methyl sites for hydroxylation is 1. The van der Waals surface area contributed by atoms with E-state index in [1.165, 1.54) is 0 Å². The third-order valence-corrected chi connectivity index (χ3v) is 4.89. The minimum atomic E-state index is -0.00861. The predicted molar refractivity (Wildman–Crippen MR) is 92.2 cm³/mol. The Bertz CT molecular complexity index is 682. The Morgan fingerprint density at radius 1 is 1.39 bits per heavy atom. The van der Waals surface area contributed by atoms with Gasteiger partial charge in [0.2, 0.25) is 0 Å². The molecule has 0 aliphatic carbocycles. The van der Waals surface area contributed by atoms with Crippen molar-refractivity contribution < 1.29 is 13.9 Å². The van der Waals surface area contributed by atoms with Gasteiger partial charge in [-0.05, 0) is 44.2 Å². The van der Waals surface area contributed by atoms with Crippen LogP contribution in [0.4, 0.5) is 0 Å². The van der Waals surface area contributed by atoms with Crippen LogP contribution in [0.1, 0.15) is 34.8 Å². The van der Waals surface area contributed by atoms with Gasteiger partial charge in [-0.3, -0.25) is 4.79 Å². The second kappa shape index (κ2) is 7.13. The van der Waals surface area contributed by atoms with Gasteiger partial charge in [0.25, 0.3) is 5.91 Å². The summed E-state index contributed by atoms with van der Waals surface area (Å²) in [6.07, 6.45) is 0. The number of nitrogens with zero attached hydrogens (tertiary/aromatic N) is 1. The summed E-state index contributed by atoms with van der Waals surface area (Å²) in [6, 6.07) is 11.3. The smallest absolute Gasteiger partial charge is 0.254 e. The maximum atomic E-state index is 13.0. The van der Waals surface area contributed by atoms with E-state index in [2.05, 4.69) is 0 Å². The van der Waals surface area contributed by atoms with E-state index in [9.17, 15) is 4.79 Å². The van der Waals surface area contributed by atoms with E-state index in [0.29, 0.717) is 12.2 Å². The van der Waals surface area contributed by atoms with Crippen LogP contribution in [0.15, 0.2) is 40.8 Å². The Hall–Kier alpha value is -1.88. The molecule has 1 aliphatic heterocycles. The third kappa shape index (κ3) is 3.55. The van der Waals surface area contributed by atoms with Crippen molar-refractivity contribution in [2.24, 2.45) is 0 Å². The number of ether oxygens (including phenoxy) is 1. The minimum Gasteiger partial charge on any atom is -0.494 e. The summed E-state index contributed by atoms with van der Waals surface area (Å²) in [5, 5.41) is 0. The summed E-state index contributed by atoms with van der Waals surface area (Å²) in [7, 11) is 0. The molecule has 1 amide bonds. The molecule has 2 heterocycles. The molecule has 1 saturated heterocycles. The average Bonchev–Trinajstić information content (AvgIpc) is 3.01. The fourth-order valence-corrected chi connectivity index (χ4v) is 3.83. The lowest BCUT2D eigenvalue weighted by molar-refractivity contribution is 0.0681. The molecular weight excluding hydrogens is 310 g/mol. The molecule has 1 aliphatic rings. The highest BCUT2D eigenvalue weighted by molar-refractivity contribution is 7.99. The SMILES string of the molecule is CCOc1cccc(C(=O)N2CCSCC2c2ccc(C)o2)c1. The maximum absolute atomic E-state index is 13.0. The third-order valence-electron chi connectivity index (χ3n) is 3.87. The van der Waals surface area contributed by atoms with Crippen LogP contribution in [0.25, 0.3) is 0 Å². The van der Waals surface area contributed by atoms with Gasteiger partial charge < -0.3 is 14.1 Å². The summed E-state index contributed by atoms with van der Waals surface area (Å²) < 4.78 is 11.3. The van der Waals surface area contributed by atoms with E-state index in [-0.39, 0.29) is 11.9 Å². The monoisotopic (exact) mass is 331 g/mol. The first-order valence-corrected chi connectivity index (χ1v) is 9.02. The highest BCUT2D eigenvalue weighted by Gasteiger charge is 2.31. The second-order valence-corrected chi connectivity index (χ2v) is 6.65. The number of hydrogen-bond donors (Lipinski definition) is 0. The zero-order valence-electron chi connectivity index (χ0n) is 13.5. The molecule has 0 spiro atoms. The van der Waals surface area contributed by atoms with E-state index in [1.54, 1.807) is 0 Å². The van der Waals surface area contributed by atoms with E-state index >= 15 is 0 Å². The molecule has 1 aromatic carbocycles. The molecule has 122 valence electrons. The van der Waals surface area contributed by atoms with Gasteiger partial charge >= 0.3 is 0 Å². The summed E-state index contributed by atoms with van der Waals surface area (Å²) in [6.45, 7) is 5.18. The van der Waals surface area contributed by atoms with E-state index in [4.69, 9.17) is 9.15 Å². The Labute approximate surface area is 140 Å². The lowest BCUT2D eigenvalue weighted by Gasteiger charge is -2.34. The van der Waals surface area contributed by atoms with Gasteiger partial charge in [-0.25, -0.2) is 0 Å². The van der Waals surface area contributed by atoms with Crippen molar-refractivity contribution in [3.63, 3.8) is 0 Å². The fraction of sp³-hybridized carbons (Fsp3) is 0.389. The standard InChI is InChI=1S/C18H21NO3S/c1-3-21-15-6-4-5-14(11-15)18(20)19-9-10-23-12-16(19)17-8-7-13(2)22-17/h4-8,11,16H,3,9-10,12H2,1-2H3. The molecular formula is C18H21NO3S. The summed E-state index contributed by atoms with van der Waals surface area (Å²) >= 11 is 1.86. The normalized spacial score (nSPS) is 18.0. The average molecular weight is 331 g/mol. The minimum absolute atomic E-state index is 0.00861. The van der Waals surface area contributed by atoms with Crippen molar-refractivity contribution in [3.8, 4) is 5.75 Å². The van der Waals surface area contributed by atoms with Crippen molar-refractivity contribution in [1.29, 1.82) is 0 Å². The van der Waals surface area contributed by atoms with Crippen LogP contribution in [0.5, 0.6) is 5.75 Å². The maximum Gasteiger partial charge on any atom is 0.254 e. The number of thioether (sulfide) groups is 1. The van der Waals surface area contributed by atoms with Gasteiger partial charge in [-0.2, -0.15) is 11.8 Å². The lowest BCUT2D eigenvalue weighted by atomic mass is 10.1. The largest absolute Gasteiger partial charge is 0.494 e. The van der Waals surface area contributed by atoms with E-state index in [1.807, 2.05) is 66.9 Å². The molecule has 1 aromatic heterocycles. The Kier molecular flexibility index (Phi) is 4.96. The van der Waals surface area contributed by atoms with E-state index < -0.39 is 0 Å². The van der Waals surface area contributed by atoms with Crippen molar-refractivity contribution in [2.75, 3.05) is 24.7 Å². The second-order valence-electron chi connectivity index (χ2n) is 5.50. The van der Waals surface area contributed by atoms with Crippen LogP contribution in [-0.4, -0.2) is 35.5 Å². The van der Waals surface area contributed by atoms with Gasteiger partial charge in [-0.15, -0.1) is 0 Å². The van der Waals surface area contributed by atoms with Crippen LogP contribution in [-0.2, 0) is 0 Å². The number of furan rings is 1. The molecule has 0 N–H and O–H groups in total. The number of amides is 1. The van der Waals surface area contributed by atoms with Gasteiger partial charge in [0.15, 0.2) is 0 Å². The number of carbonyl (C=O) groups excluding carboxylic acids is 1. The van der Waals surface area contributed by atoms with Gasteiger partial charge in [-0.1, -0.05) is 6.07 Å². The summed E-state index contributed by atoms with van der Waals surface area (Å²) in [4.78, 5) is 14.9. The molecule has 1 unspecified atom stereocenters. The first-order chi connectivity index (χ1) is 11.2. The molecule has 3 rings (SSSR count). The first kappa shape index (κ1) is 16.0. The molecule has 2 aromatic rings. The summed E-state index contributed by atoms with van der Waals surface area (Å²) in [5.41, 5.74) is 0.663. The molecule has 1 fully saturated rings. The van der Waals surface area contributed by atoms with Crippen LogP contribution in [0.2, 0.25) is 0 Å². The molecule has 4 nitrogen and oxygen atoms in total. The van der Waals surface area contributed by atoms with Crippen molar-refractivity contribution in [2.45, 2.75) is 19.9 Å². The van der Waals surface area contributed by atoms with Crippen molar-refractivity contribution in [3.05, 3.63) is 53.5 Å². The van der Waals surface area contributed by atoms with Gasteiger partial charge in [0.05, 0.1) is 12.6 Å². The van der Waals surface area contributed by atoms with Crippen LogP contribution in [0.3, 0.4) is 0 Å². The molecule has 5 heteroatoms. The van der Waals surface area contributed by atoms with E-state index in [0.717, 1.165) is 35.3 Å². The van der Waals surface area contributed by atoms with Gasteiger partial charge in [0, 0.05) is 23.6 Å². The highest BCUT2D eigenvalue weighted by atomic mass is 32.2. The number of hydrogen-bond acceptors (Lipinski definition) is 4. The molecule has 23 heavy (non-hydrogen) atoms. The molecule has 0 radical (unpaired) electrons. The highest BCUT2D eigenvalue weighted by Crippen LogP contribution is 2.32. The lowest BCUT2D eigenvalue weighted by Crippen LogP contribution is -2.40. The fourth-order valence-electron chi connectivity index (χ4n) is 2.77. The zero-order chi connectivity index (χ0) is 16.2. The molecule has 0 bridgehead atoms. The predicted octanol–water partition coefficient (Wildman–Crippen LogP) is 3.92. The molecule has 1 atom stereocenters. The first-order valence-electron chi connectivity index (χ1n) is 7.87. The summed E-state index contributed by atoms with van der Waals surface area (Å²) in [5.74, 6) is 4.32. The zero-order valence-corrected chi connectivity index (χ0v) is 14.3. The Balaban J connectivity index is 1.85. The van der Waals surface area contributed by atoms with Crippen LogP contribution < -0.4 is 4.74 Å². The number of benzene rings is 1. The van der Waals surface area contributed by atoms with Crippen LogP contribution >= 0.6 is 11.8 Å².